The lowest BCUT2D eigenvalue weighted by Gasteiger charge is -2.10. The minimum absolute atomic E-state index is 0.0759. The summed E-state index contributed by atoms with van der Waals surface area (Å²) in [5, 5.41) is 14.9. The fourth-order valence-electron chi connectivity index (χ4n) is 2.91. The van der Waals surface area contributed by atoms with Gasteiger partial charge in [-0.1, -0.05) is 35.5 Å². The molecule has 0 aliphatic rings. The van der Waals surface area contributed by atoms with Gasteiger partial charge >= 0.3 is 5.97 Å². The van der Waals surface area contributed by atoms with Crippen LogP contribution in [0.3, 0.4) is 0 Å². The highest BCUT2D eigenvalue weighted by molar-refractivity contribution is 5.94. The van der Waals surface area contributed by atoms with E-state index in [9.17, 15) is 9.59 Å². The number of hydrogen-bond donors (Lipinski definition) is 1. The summed E-state index contributed by atoms with van der Waals surface area (Å²) in [6.45, 7) is 0. The van der Waals surface area contributed by atoms with Crippen LogP contribution < -0.4 is 5.32 Å². The van der Waals surface area contributed by atoms with E-state index in [0.717, 1.165) is 11.3 Å². The van der Waals surface area contributed by atoms with Crippen LogP contribution in [-0.4, -0.2) is 43.8 Å². The van der Waals surface area contributed by atoms with Gasteiger partial charge in [0.2, 0.25) is 5.91 Å². The SMILES string of the molecule is COC(=O)c1cn(-c2ccccc2NC(=O)Cc2cnn(-c3ccccc3)c2)nn1. The first-order valence-corrected chi connectivity index (χ1v) is 9.13. The summed E-state index contributed by atoms with van der Waals surface area (Å²) >= 11 is 0. The third-order valence-corrected chi connectivity index (χ3v) is 4.33. The van der Waals surface area contributed by atoms with Crippen molar-refractivity contribution in [1.82, 2.24) is 24.8 Å². The van der Waals surface area contributed by atoms with Gasteiger partial charge in [-0.2, -0.15) is 5.10 Å². The molecule has 0 aliphatic heterocycles. The monoisotopic (exact) mass is 402 g/mol. The van der Waals surface area contributed by atoms with Crippen LogP contribution in [0.2, 0.25) is 0 Å². The summed E-state index contributed by atoms with van der Waals surface area (Å²) in [4.78, 5) is 24.2. The molecule has 2 heterocycles. The molecule has 0 aliphatic carbocycles. The summed E-state index contributed by atoms with van der Waals surface area (Å²) in [7, 11) is 1.27. The molecule has 0 saturated carbocycles. The first-order valence-electron chi connectivity index (χ1n) is 9.13. The Morgan fingerprint density at radius 1 is 1.00 bits per heavy atom. The second-order valence-corrected chi connectivity index (χ2v) is 6.41. The maximum atomic E-state index is 12.6. The third kappa shape index (κ3) is 4.09. The fourth-order valence-corrected chi connectivity index (χ4v) is 2.91. The van der Waals surface area contributed by atoms with Crippen LogP contribution in [0.1, 0.15) is 16.1 Å². The molecule has 0 atom stereocenters. The van der Waals surface area contributed by atoms with E-state index in [2.05, 4.69) is 25.5 Å². The minimum Gasteiger partial charge on any atom is -0.464 e. The molecule has 9 heteroatoms. The van der Waals surface area contributed by atoms with Gasteiger partial charge in [0.1, 0.15) is 0 Å². The zero-order valence-electron chi connectivity index (χ0n) is 16.1. The molecule has 150 valence electrons. The van der Waals surface area contributed by atoms with Gasteiger partial charge in [0, 0.05) is 6.20 Å². The Morgan fingerprint density at radius 3 is 2.57 bits per heavy atom. The molecule has 0 saturated heterocycles. The molecule has 0 radical (unpaired) electrons. The molecule has 0 fully saturated rings. The predicted octanol–water partition coefficient (Wildman–Crippen LogP) is 2.42. The molecule has 2 aromatic heterocycles. The smallest absolute Gasteiger partial charge is 0.360 e. The van der Waals surface area contributed by atoms with Gasteiger partial charge in [0.15, 0.2) is 5.69 Å². The Labute approximate surface area is 171 Å². The Kier molecular flexibility index (Phi) is 5.33. The van der Waals surface area contributed by atoms with Crippen molar-refractivity contribution < 1.29 is 14.3 Å². The zero-order valence-corrected chi connectivity index (χ0v) is 16.1. The minimum atomic E-state index is -0.585. The van der Waals surface area contributed by atoms with Crippen LogP contribution >= 0.6 is 0 Å². The highest BCUT2D eigenvalue weighted by atomic mass is 16.5. The Morgan fingerprint density at radius 2 is 1.77 bits per heavy atom. The van der Waals surface area contributed by atoms with E-state index < -0.39 is 5.97 Å². The Bertz CT molecular complexity index is 1180. The van der Waals surface area contributed by atoms with Crippen molar-refractivity contribution in [2.24, 2.45) is 0 Å². The predicted molar refractivity (Wildman–Crippen MR) is 109 cm³/mol. The van der Waals surface area contributed by atoms with E-state index in [4.69, 9.17) is 0 Å². The number of carbonyl (C=O) groups is 2. The van der Waals surface area contributed by atoms with E-state index in [1.165, 1.54) is 18.0 Å². The normalized spacial score (nSPS) is 10.6. The van der Waals surface area contributed by atoms with Crippen molar-refractivity contribution in [2.75, 3.05) is 12.4 Å². The van der Waals surface area contributed by atoms with E-state index in [1.54, 1.807) is 35.1 Å². The van der Waals surface area contributed by atoms with Gasteiger partial charge < -0.3 is 10.1 Å². The molecule has 1 N–H and O–H groups in total. The van der Waals surface area contributed by atoms with Crippen LogP contribution in [0.25, 0.3) is 11.4 Å². The molecule has 4 aromatic rings. The number of benzene rings is 2. The fraction of sp³-hybridized carbons (Fsp3) is 0.0952. The van der Waals surface area contributed by atoms with Gasteiger partial charge in [-0.05, 0) is 29.8 Å². The number of anilines is 1. The molecule has 4 rings (SSSR count). The van der Waals surface area contributed by atoms with Gasteiger partial charge in [0.25, 0.3) is 0 Å². The molecule has 0 spiro atoms. The molecule has 0 unspecified atom stereocenters. The molecule has 2 aromatic carbocycles. The summed E-state index contributed by atoms with van der Waals surface area (Å²) < 4.78 is 7.78. The number of carbonyl (C=O) groups excluding carboxylic acids is 2. The first-order chi connectivity index (χ1) is 14.6. The number of nitrogens with one attached hydrogen (secondary N) is 1. The van der Waals surface area contributed by atoms with Crippen molar-refractivity contribution >= 4 is 17.6 Å². The lowest BCUT2D eigenvalue weighted by atomic mass is 10.2. The van der Waals surface area contributed by atoms with Crippen molar-refractivity contribution in [2.45, 2.75) is 6.42 Å². The summed E-state index contributed by atoms with van der Waals surface area (Å²) in [5.74, 6) is -0.790. The molecule has 1 amide bonds. The quantitative estimate of drug-likeness (QED) is 0.497. The number of hydrogen-bond acceptors (Lipinski definition) is 6. The number of amides is 1. The number of para-hydroxylation sites is 3. The van der Waals surface area contributed by atoms with Crippen molar-refractivity contribution in [3.8, 4) is 11.4 Å². The molecule has 0 bridgehead atoms. The van der Waals surface area contributed by atoms with Crippen molar-refractivity contribution in [1.29, 1.82) is 0 Å². The number of aromatic nitrogens is 5. The van der Waals surface area contributed by atoms with E-state index >= 15 is 0 Å². The van der Waals surface area contributed by atoms with Crippen LogP contribution in [0, 0.1) is 0 Å². The molecule has 30 heavy (non-hydrogen) atoms. The van der Waals surface area contributed by atoms with E-state index in [1.807, 2.05) is 36.5 Å². The average Bonchev–Trinajstić information content (AvgIpc) is 3.44. The standard InChI is InChI=1S/C21H18N6O3/c1-30-21(29)18-14-27(25-24-18)19-10-6-5-9-17(19)23-20(28)11-15-12-22-26(13-15)16-7-3-2-4-8-16/h2-10,12-14H,11H2,1H3,(H,23,28). The number of esters is 1. The first kappa shape index (κ1) is 19.1. The second-order valence-electron chi connectivity index (χ2n) is 6.41. The highest BCUT2D eigenvalue weighted by Crippen LogP contribution is 2.20. The number of ether oxygens (including phenoxy) is 1. The van der Waals surface area contributed by atoms with E-state index in [0.29, 0.717) is 11.4 Å². The van der Waals surface area contributed by atoms with Gasteiger partial charge in [-0.25, -0.2) is 14.2 Å². The molecular formula is C21H18N6O3. The van der Waals surface area contributed by atoms with Crippen LogP contribution in [0.5, 0.6) is 0 Å². The number of methoxy groups -OCH3 is 1. The van der Waals surface area contributed by atoms with Gasteiger partial charge in [0.05, 0.1) is 43.0 Å². The van der Waals surface area contributed by atoms with E-state index in [-0.39, 0.29) is 18.0 Å². The van der Waals surface area contributed by atoms with Crippen LogP contribution in [-0.2, 0) is 16.0 Å². The van der Waals surface area contributed by atoms with Crippen LogP contribution in [0.4, 0.5) is 5.69 Å². The van der Waals surface area contributed by atoms with Crippen molar-refractivity contribution in [3.63, 3.8) is 0 Å². The van der Waals surface area contributed by atoms with Crippen LogP contribution in [0.15, 0.2) is 73.2 Å². The Balaban J connectivity index is 1.49. The lowest BCUT2D eigenvalue weighted by Crippen LogP contribution is -2.16. The van der Waals surface area contributed by atoms with Gasteiger partial charge in [-0.15, -0.1) is 5.10 Å². The summed E-state index contributed by atoms with van der Waals surface area (Å²) in [5.41, 5.74) is 2.89. The zero-order chi connectivity index (χ0) is 20.9. The Hall–Kier alpha value is -4.27. The molecule has 9 nitrogen and oxygen atoms in total. The second kappa shape index (κ2) is 8.39. The van der Waals surface area contributed by atoms with Gasteiger partial charge in [-0.3, -0.25) is 4.79 Å². The third-order valence-electron chi connectivity index (χ3n) is 4.33. The summed E-state index contributed by atoms with van der Waals surface area (Å²) in [6.07, 6.45) is 5.09. The number of nitrogens with zero attached hydrogens (tertiary/aromatic N) is 5. The summed E-state index contributed by atoms with van der Waals surface area (Å²) in [6, 6.07) is 16.8. The average molecular weight is 402 g/mol. The number of rotatable bonds is 6. The lowest BCUT2D eigenvalue weighted by molar-refractivity contribution is -0.115. The largest absolute Gasteiger partial charge is 0.464 e. The highest BCUT2D eigenvalue weighted by Gasteiger charge is 2.15. The molecular weight excluding hydrogens is 384 g/mol. The maximum absolute atomic E-state index is 12.6. The topological polar surface area (TPSA) is 104 Å². The van der Waals surface area contributed by atoms with Crippen molar-refractivity contribution in [3.05, 3.63) is 84.4 Å². The maximum Gasteiger partial charge on any atom is 0.360 e.